The minimum Gasteiger partial charge on any atom is -0.490 e. The molecule has 1 aliphatic rings. The highest BCUT2D eigenvalue weighted by Crippen LogP contribution is 2.33. The van der Waals surface area contributed by atoms with Crippen molar-refractivity contribution in [3.63, 3.8) is 0 Å². The molecule has 5 rings (SSSR count). The largest absolute Gasteiger partial charge is 0.490 e. The van der Waals surface area contributed by atoms with Crippen molar-refractivity contribution >= 4 is 44.2 Å². The third-order valence-electron chi connectivity index (χ3n) is 5.67. The van der Waals surface area contributed by atoms with Crippen LogP contribution in [0, 0.1) is 6.92 Å². The number of hydrogen-bond donors (Lipinski definition) is 1. The van der Waals surface area contributed by atoms with Crippen LogP contribution in [0.1, 0.15) is 11.1 Å². The zero-order valence-corrected chi connectivity index (χ0v) is 20.6. The number of nitrogens with zero attached hydrogens (tertiary/aromatic N) is 4. The van der Waals surface area contributed by atoms with Crippen molar-refractivity contribution in [1.29, 1.82) is 0 Å². The van der Waals surface area contributed by atoms with Crippen LogP contribution >= 0.6 is 11.6 Å². The van der Waals surface area contributed by atoms with Crippen molar-refractivity contribution in [2.75, 3.05) is 29.8 Å². The standard InChI is InChI=1S/C24H22ClN5O4S/c1-15-17(25)4-3-5-22(15)35(31,32)29-19-13-18-23(27-9-8-26-18)28-24(19)34-14-16-6-7-20-21(12-16)33-11-10-30(20)2/h3-9,12-13,29H,10-11,14H2,1-2H3. The van der Waals surface area contributed by atoms with E-state index in [-0.39, 0.29) is 23.1 Å². The van der Waals surface area contributed by atoms with E-state index in [0.717, 1.165) is 23.5 Å². The molecule has 0 fully saturated rings. The number of nitrogens with one attached hydrogen (secondary N) is 1. The molecule has 0 saturated carbocycles. The Labute approximate surface area is 207 Å². The predicted molar refractivity (Wildman–Crippen MR) is 134 cm³/mol. The lowest BCUT2D eigenvalue weighted by molar-refractivity contribution is 0.291. The summed E-state index contributed by atoms with van der Waals surface area (Å²) in [6.07, 6.45) is 3.02. The summed E-state index contributed by atoms with van der Waals surface area (Å²) in [5.41, 5.74) is 3.19. The molecule has 0 atom stereocenters. The van der Waals surface area contributed by atoms with Gasteiger partial charge in [0.15, 0.2) is 5.65 Å². The minimum absolute atomic E-state index is 0.0612. The maximum atomic E-state index is 13.2. The highest BCUT2D eigenvalue weighted by Gasteiger charge is 2.22. The molecule has 0 bridgehead atoms. The van der Waals surface area contributed by atoms with Crippen molar-refractivity contribution in [3.05, 3.63) is 71.0 Å². The summed E-state index contributed by atoms with van der Waals surface area (Å²) in [5, 5.41) is 0.354. The summed E-state index contributed by atoms with van der Waals surface area (Å²) in [6, 6.07) is 12.1. The monoisotopic (exact) mass is 511 g/mol. The van der Waals surface area contributed by atoms with E-state index >= 15 is 0 Å². The number of rotatable bonds is 6. The van der Waals surface area contributed by atoms with E-state index in [1.165, 1.54) is 18.5 Å². The maximum Gasteiger partial charge on any atom is 0.262 e. The van der Waals surface area contributed by atoms with Gasteiger partial charge in [-0.3, -0.25) is 9.71 Å². The molecule has 4 aromatic rings. The Hall–Kier alpha value is -3.63. The summed E-state index contributed by atoms with van der Waals surface area (Å²) in [4.78, 5) is 15.0. The number of fused-ring (bicyclic) bond motifs is 2. The normalized spacial score (nSPS) is 13.3. The van der Waals surface area contributed by atoms with Gasteiger partial charge in [-0.1, -0.05) is 23.7 Å². The fourth-order valence-electron chi connectivity index (χ4n) is 3.79. The SMILES string of the molecule is Cc1c(Cl)cccc1S(=O)(=O)Nc1cc2nccnc2nc1OCc1ccc2c(c1)OCCN2C. The molecule has 0 aliphatic carbocycles. The number of hydrogen-bond acceptors (Lipinski definition) is 8. The van der Waals surface area contributed by atoms with Gasteiger partial charge in [0.05, 0.1) is 17.1 Å². The predicted octanol–water partition coefficient (Wildman–Crippen LogP) is 4.20. The Morgan fingerprint density at radius 1 is 1.17 bits per heavy atom. The van der Waals surface area contributed by atoms with Crippen LogP contribution in [0.2, 0.25) is 5.02 Å². The Morgan fingerprint density at radius 3 is 2.86 bits per heavy atom. The van der Waals surface area contributed by atoms with Gasteiger partial charge in [0, 0.05) is 24.5 Å². The topological polar surface area (TPSA) is 107 Å². The number of ether oxygens (including phenoxy) is 2. The number of anilines is 2. The molecular weight excluding hydrogens is 490 g/mol. The van der Waals surface area contributed by atoms with Gasteiger partial charge >= 0.3 is 0 Å². The molecule has 0 amide bonds. The number of pyridine rings is 1. The fraction of sp³-hybridized carbons (Fsp3) is 0.208. The summed E-state index contributed by atoms with van der Waals surface area (Å²) < 4.78 is 40.8. The third kappa shape index (κ3) is 4.67. The molecule has 0 saturated heterocycles. The first-order valence-corrected chi connectivity index (χ1v) is 12.7. The molecule has 11 heteroatoms. The lowest BCUT2D eigenvalue weighted by Gasteiger charge is -2.28. The highest BCUT2D eigenvalue weighted by atomic mass is 35.5. The number of sulfonamides is 1. The van der Waals surface area contributed by atoms with Crippen LogP contribution < -0.4 is 19.1 Å². The van der Waals surface area contributed by atoms with Gasteiger partial charge in [-0.15, -0.1) is 0 Å². The molecule has 35 heavy (non-hydrogen) atoms. The lowest BCUT2D eigenvalue weighted by Crippen LogP contribution is -2.28. The van der Waals surface area contributed by atoms with Crippen LogP contribution in [-0.2, 0) is 16.6 Å². The summed E-state index contributed by atoms with van der Waals surface area (Å²) in [6.45, 7) is 3.21. The van der Waals surface area contributed by atoms with E-state index in [9.17, 15) is 8.42 Å². The van der Waals surface area contributed by atoms with Crippen molar-refractivity contribution in [2.24, 2.45) is 0 Å². The van der Waals surface area contributed by atoms with Gasteiger partial charge in [0.1, 0.15) is 30.2 Å². The second-order valence-electron chi connectivity index (χ2n) is 8.07. The van der Waals surface area contributed by atoms with Crippen molar-refractivity contribution < 1.29 is 17.9 Å². The highest BCUT2D eigenvalue weighted by molar-refractivity contribution is 7.92. The van der Waals surface area contributed by atoms with E-state index < -0.39 is 10.0 Å². The van der Waals surface area contributed by atoms with Crippen molar-refractivity contribution in [3.8, 4) is 11.6 Å². The van der Waals surface area contributed by atoms with Crippen LogP contribution in [0.5, 0.6) is 11.6 Å². The molecule has 9 nitrogen and oxygen atoms in total. The molecule has 0 spiro atoms. The average Bonchev–Trinajstić information content (AvgIpc) is 2.84. The number of likely N-dealkylation sites (N-methyl/N-ethyl adjacent to an activating group) is 1. The van der Waals surface area contributed by atoms with Gasteiger partial charge < -0.3 is 14.4 Å². The zero-order chi connectivity index (χ0) is 24.6. The molecule has 2 aromatic carbocycles. The third-order valence-corrected chi connectivity index (χ3v) is 7.59. The van der Waals surface area contributed by atoms with Crippen molar-refractivity contribution in [2.45, 2.75) is 18.4 Å². The first-order chi connectivity index (χ1) is 16.8. The van der Waals surface area contributed by atoms with Crippen LogP contribution in [0.4, 0.5) is 11.4 Å². The van der Waals surface area contributed by atoms with E-state index in [1.807, 2.05) is 25.2 Å². The molecule has 1 N–H and O–H groups in total. The van der Waals surface area contributed by atoms with E-state index in [2.05, 4.69) is 24.6 Å². The van der Waals surface area contributed by atoms with E-state index in [0.29, 0.717) is 28.4 Å². The number of aromatic nitrogens is 3. The summed E-state index contributed by atoms with van der Waals surface area (Å²) in [7, 11) is -1.98. The quantitative estimate of drug-likeness (QED) is 0.410. The lowest BCUT2D eigenvalue weighted by atomic mass is 10.1. The Morgan fingerprint density at radius 2 is 2.00 bits per heavy atom. The van der Waals surface area contributed by atoms with Gasteiger partial charge in [0.2, 0.25) is 5.88 Å². The van der Waals surface area contributed by atoms with E-state index in [4.69, 9.17) is 21.1 Å². The molecule has 3 heterocycles. The van der Waals surface area contributed by atoms with Crippen LogP contribution in [0.3, 0.4) is 0 Å². The average molecular weight is 512 g/mol. The van der Waals surface area contributed by atoms with Gasteiger partial charge in [-0.25, -0.2) is 13.4 Å². The van der Waals surface area contributed by atoms with Gasteiger partial charge in [-0.2, -0.15) is 4.98 Å². The Kier molecular flexibility index (Phi) is 6.08. The Balaban J connectivity index is 1.48. The zero-order valence-electron chi connectivity index (χ0n) is 19.0. The second kappa shape index (κ2) is 9.20. The fourth-order valence-corrected chi connectivity index (χ4v) is 5.34. The summed E-state index contributed by atoms with van der Waals surface area (Å²) in [5.74, 6) is 0.853. The minimum atomic E-state index is -3.99. The molecule has 0 radical (unpaired) electrons. The number of benzene rings is 2. The Bertz CT molecular complexity index is 1530. The first kappa shape index (κ1) is 23.1. The maximum absolute atomic E-state index is 13.2. The first-order valence-electron chi connectivity index (χ1n) is 10.8. The number of halogens is 1. The van der Waals surface area contributed by atoms with Gasteiger partial charge in [-0.05, 0) is 48.4 Å². The molecule has 180 valence electrons. The van der Waals surface area contributed by atoms with Crippen LogP contribution in [0.25, 0.3) is 11.2 Å². The molecular formula is C24H22ClN5O4S. The van der Waals surface area contributed by atoms with Crippen LogP contribution in [0.15, 0.2) is 59.8 Å². The molecule has 1 aliphatic heterocycles. The molecule has 2 aromatic heterocycles. The van der Waals surface area contributed by atoms with E-state index in [1.54, 1.807) is 25.1 Å². The van der Waals surface area contributed by atoms with Gasteiger partial charge in [0.25, 0.3) is 10.0 Å². The van der Waals surface area contributed by atoms with Crippen LogP contribution in [-0.4, -0.2) is 43.6 Å². The molecule has 0 unspecified atom stereocenters. The summed E-state index contributed by atoms with van der Waals surface area (Å²) >= 11 is 6.15. The second-order valence-corrected chi connectivity index (χ2v) is 10.1. The smallest absolute Gasteiger partial charge is 0.262 e. The van der Waals surface area contributed by atoms with Crippen molar-refractivity contribution in [1.82, 2.24) is 15.0 Å².